The van der Waals surface area contributed by atoms with Gasteiger partial charge in [-0.3, -0.25) is 0 Å². The quantitative estimate of drug-likeness (QED) is 0.399. The third kappa shape index (κ3) is 2.72. The summed E-state index contributed by atoms with van der Waals surface area (Å²) >= 11 is 0.366. The Hall–Kier alpha value is -0.0600. The molecule has 1 aromatic rings. The van der Waals surface area contributed by atoms with Gasteiger partial charge in [0, 0.05) is 0 Å². The molecule has 2 nitrogen and oxygen atoms in total. The molecule has 1 rings (SSSR count). The van der Waals surface area contributed by atoms with Gasteiger partial charge in [0.05, 0.1) is 0 Å². The standard InChI is InChI=1S/C11H20IN2/c1-5-7-12-8-10-9(3)13-14(4)11(10)6-2/h5-8H2,1-4H3/q-1. The fourth-order valence-electron chi connectivity index (χ4n) is 1.66. The van der Waals surface area contributed by atoms with Crippen molar-refractivity contribution in [3.63, 3.8) is 0 Å². The van der Waals surface area contributed by atoms with Crippen molar-refractivity contribution >= 4 is 0 Å². The third-order valence-electron chi connectivity index (χ3n) is 2.36. The van der Waals surface area contributed by atoms with Crippen molar-refractivity contribution in [2.45, 2.75) is 38.0 Å². The summed E-state index contributed by atoms with van der Waals surface area (Å²) in [5, 5.41) is 4.49. The zero-order chi connectivity index (χ0) is 10.6. The topological polar surface area (TPSA) is 17.8 Å². The minimum absolute atomic E-state index is 0.366. The van der Waals surface area contributed by atoms with Crippen LogP contribution in [-0.2, 0) is 17.9 Å². The van der Waals surface area contributed by atoms with Gasteiger partial charge in [0.15, 0.2) is 0 Å². The zero-order valence-electron chi connectivity index (χ0n) is 9.60. The van der Waals surface area contributed by atoms with Crippen LogP contribution in [0.1, 0.15) is 37.2 Å². The molecule has 14 heavy (non-hydrogen) atoms. The Morgan fingerprint density at radius 1 is 1.36 bits per heavy atom. The molecule has 0 fully saturated rings. The van der Waals surface area contributed by atoms with Gasteiger partial charge in [0.25, 0.3) is 0 Å². The van der Waals surface area contributed by atoms with Gasteiger partial charge in [-0.05, 0) is 0 Å². The van der Waals surface area contributed by atoms with Crippen LogP contribution in [0.2, 0.25) is 0 Å². The van der Waals surface area contributed by atoms with Gasteiger partial charge in [-0.1, -0.05) is 0 Å². The summed E-state index contributed by atoms with van der Waals surface area (Å²) < 4.78 is 4.81. The fourth-order valence-corrected chi connectivity index (χ4v) is 4.34. The molecule has 3 heteroatoms. The molecule has 0 aliphatic carbocycles. The summed E-state index contributed by atoms with van der Waals surface area (Å²) in [5.41, 5.74) is 4.23. The second-order valence-electron chi connectivity index (χ2n) is 3.50. The average Bonchev–Trinajstić information content (AvgIpc) is 2.42. The van der Waals surface area contributed by atoms with Gasteiger partial charge in [-0.25, -0.2) is 0 Å². The van der Waals surface area contributed by atoms with E-state index in [4.69, 9.17) is 0 Å². The molecule has 0 unspecified atom stereocenters. The van der Waals surface area contributed by atoms with E-state index in [0.717, 1.165) is 6.42 Å². The van der Waals surface area contributed by atoms with Crippen LogP contribution in [0.15, 0.2) is 0 Å². The van der Waals surface area contributed by atoms with E-state index in [1.54, 1.807) is 0 Å². The van der Waals surface area contributed by atoms with E-state index in [9.17, 15) is 0 Å². The van der Waals surface area contributed by atoms with Crippen molar-refractivity contribution in [3.05, 3.63) is 17.0 Å². The monoisotopic (exact) mass is 307 g/mol. The van der Waals surface area contributed by atoms with Crippen LogP contribution in [-0.4, -0.2) is 14.2 Å². The van der Waals surface area contributed by atoms with Gasteiger partial charge in [-0.2, -0.15) is 0 Å². The molecule has 0 N–H and O–H groups in total. The van der Waals surface area contributed by atoms with E-state index in [0.29, 0.717) is 21.2 Å². The number of nitrogens with zero attached hydrogens (tertiary/aromatic N) is 2. The third-order valence-corrected chi connectivity index (χ3v) is 5.51. The molecule has 0 amide bonds. The van der Waals surface area contributed by atoms with Crippen LogP contribution in [0.25, 0.3) is 0 Å². The molecule has 1 heterocycles. The molecule has 0 spiro atoms. The van der Waals surface area contributed by atoms with E-state index in [-0.39, 0.29) is 0 Å². The molecule has 0 bridgehead atoms. The van der Waals surface area contributed by atoms with Gasteiger partial charge >= 0.3 is 97.5 Å². The van der Waals surface area contributed by atoms with E-state index in [2.05, 4.69) is 37.6 Å². The Balaban J connectivity index is 2.73. The Kier molecular flexibility index (Phi) is 4.92. The van der Waals surface area contributed by atoms with Crippen LogP contribution < -0.4 is 21.2 Å². The van der Waals surface area contributed by atoms with Crippen molar-refractivity contribution in [1.29, 1.82) is 0 Å². The van der Waals surface area contributed by atoms with Crippen LogP contribution >= 0.6 is 0 Å². The van der Waals surface area contributed by atoms with E-state index in [1.165, 1.54) is 32.2 Å². The molecule has 0 aromatic carbocycles. The van der Waals surface area contributed by atoms with Crippen LogP contribution in [0, 0.1) is 6.92 Å². The molecule has 0 aliphatic heterocycles. The van der Waals surface area contributed by atoms with Crippen LogP contribution in [0.5, 0.6) is 0 Å². The fraction of sp³-hybridized carbons (Fsp3) is 0.727. The SMILES string of the molecule is CCC[I-]Cc1c(C)nn(C)c1CC. The van der Waals surface area contributed by atoms with Gasteiger partial charge in [0.1, 0.15) is 0 Å². The number of hydrogen-bond acceptors (Lipinski definition) is 1. The van der Waals surface area contributed by atoms with Crippen molar-refractivity contribution < 1.29 is 21.2 Å². The molecule has 0 atom stereocenters. The van der Waals surface area contributed by atoms with E-state index >= 15 is 0 Å². The normalized spacial score (nSPS) is 11.1. The molecule has 0 aliphatic rings. The van der Waals surface area contributed by atoms with Crippen molar-refractivity contribution in [2.75, 3.05) is 4.43 Å². The number of alkyl halides is 2. The number of halogens is 1. The molecule has 0 radical (unpaired) electrons. The predicted octanol–water partition coefficient (Wildman–Crippen LogP) is -0.710. The number of aromatic nitrogens is 2. The van der Waals surface area contributed by atoms with Crippen LogP contribution in [0.3, 0.4) is 0 Å². The van der Waals surface area contributed by atoms with Crippen molar-refractivity contribution in [2.24, 2.45) is 7.05 Å². The Labute approximate surface area is 97.3 Å². The zero-order valence-corrected chi connectivity index (χ0v) is 11.8. The predicted molar refractivity (Wildman–Crippen MR) is 56.2 cm³/mol. The molecule has 82 valence electrons. The first kappa shape index (κ1) is 12.0. The summed E-state index contributed by atoms with van der Waals surface area (Å²) in [6.45, 7) is 6.64. The van der Waals surface area contributed by atoms with Gasteiger partial charge in [0.2, 0.25) is 0 Å². The van der Waals surface area contributed by atoms with E-state index < -0.39 is 0 Å². The number of rotatable bonds is 5. The summed E-state index contributed by atoms with van der Waals surface area (Å²) in [7, 11) is 2.06. The maximum atomic E-state index is 4.49. The summed E-state index contributed by atoms with van der Waals surface area (Å²) in [6.07, 6.45) is 2.45. The van der Waals surface area contributed by atoms with Gasteiger partial charge < -0.3 is 0 Å². The Morgan fingerprint density at radius 2 is 2.07 bits per heavy atom. The molecular weight excluding hydrogens is 287 g/mol. The molecule has 0 saturated heterocycles. The van der Waals surface area contributed by atoms with Crippen molar-refractivity contribution in [3.8, 4) is 0 Å². The van der Waals surface area contributed by atoms with E-state index in [1.807, 2.05) is 0 Å². The summed E-state index contributed by atoms with van der Waals surface area (Å²) in [5.74, 6) is 0. The molecule has 1 aromatic heterocycles. The molecular formula is C11H20IN2-. The Bertz CT molecular complexity index is 292. The molecule has 0 saturated carbocycles. The second kappa shape index (κ2) is 5.73. The Morgan fingerprint density at radius 3 is 2.64 bits per heavy atom. The minimum atomic E-state index is 0.366. The summed E-state index contributed by atoms with van der Waals surface area (Å²) in [6, 6.07) is 0. The number of hydrogen-bond donors (Lipinski definition) is 0. The first-order chi connectivity index (χ1) is 6.70. The second-order valence-corrected chi connectivity index (χ2v) is 6.42. The summed E-state index contributed by atoms with van der Waals surface area (Å²) in [4.78, 5) is 0. The van der Waals surface area contributed by atoms with Gasteiger partial charge in [-0.15, -0.1) is 0 Å². The average molecular weight is 307 g/mol. The van der Waals surface area contributed by atoms with Crippen molar-refractivity contribution in [1.82, 2.24) is 9.78 Å². The first-order valence-corrected chi connectivity index (χ1v) is 8.30. The first-order valence-electron chi connectivity index (χ1n) is 5.25. The van der Waals surface area contributed by atoms with Crippen LogP contribution in [0.4, 0.5) is 0 Å². The maximum absolute atomic E-state index is 4.49. The number of aryl methyl sites for hydroxylation is 2.